The number of fused-ring (bicyclic) bond motifs is 1. The number of piperidine rings is 1. The highest BCUT2D eigenvalue weighted by atomic mass is 19.1. The highest BCUT2D eigenvalue weighted by Gasteiger charge is 2.42. The number of benzene rings is 2. The molecule has 1 saturated heterocycles. The highest BCUT2D eigenvalue weighted by molar-refractivity contribution is 6.32. The van der Waals surface area contributed by atoms with Gasteiger partial charge in [0.2, 0.25) is 0 Å². The third kappa shape index (κ3) is 3.54. The molecule has 29 heavy (non-hydrogen) atoms. The summed E-state index contributed by atoms with van der Waals surface area (Å²) in [4.78, 5) is 3.58. The van der Waals surface area contributed by atoms with Gasteiger partial charge in [-0.3, -0.25) is 0 Å². The van der Waals surface area contributed by atoms with E-state index in [2.05, 4.69) is 11.9 Å². The van der Waals surface area contributed by atoms with Crippen LogP contribution in [0, 0.1) is 5.82 Å². The van der Waals surface area contributed by atoms with Gasteiger partial charge in [0.05, 0.1) is 11.4 Å². The summed E-state index contributed by atoms with van der Waals surface area (Å²) in [6.07, 6.45) is -0.871. The van der Waals surface area contributed by atoms with E-state index in [4.69, 9.17) is 12.6 Å². The first kappa shape index (κ1) is 19.6. The van der Waals surface area contributed by atoms with Crippen molar-refractivity contribution in [2.45, 2.75) is 18.1 Å². The molecule has 2 aliphatic heterocycles. The van der Waals surface area contributed by atoms with Crippen LogP contribution in [0.1, 0.15) is 6.42 Å². The lowest BCUT2D eigenvalue weighted by Gasteiger charge is -2.42. The van der Waals surface area contributed by atoms with E-state index in [1.54, 1.807) is 17.0 Å². The van der Waals surface area contributed by atoms with Crippen molar-refractivity contribution in [1.82, 2.24) is 0 Å². The molecule has 0 unspecified atom stereocenters. The minimum absolute atomic E-state index is 0.0804. The van der Waals surface area contributed by atoms with E-state index < -0.39 is 17.5 Å². The van der Waals surface area contributed by atoms with Crippen molar-refractivity contribution in [1.29, 1.82) is 0 Å². The summed E-state index contributed by atoms with van der Waals surface area (Å²) in [6, 6.07) is 10.0. The molecule has 2 atom stereocenters. The molecule has 0 bridgehead atoms. The smallest absolute Gasteiger partial charge is 0.145 e. The van der Waals surface area contributed by atoms with E-state index >= 15 is 0 Å². The fraction of sp³-hybridized carbons (Fsp3) is 0.333. The first-order chi connectivity index (χ1) is 13.8. The minimum atomic E-state index is -1.44. The molecule has 1 fully saturated rings. The van der Waals surface area contributed by atoms with Gasteiger partial charge in [-0.05, 0) is 30.7 Å². The number of hydrogen-bond donors (Lipinski definition) is 3. The summed E-state index contributed by atoms with van der Waals surface area (Å²) < 4.78 is 20.1. The number of aliphatic hydroxyl groups excluding tert-OH is 1. The van der Waals surface area contributed by atoms with Gasteiger partial charge in [-0.2, -0.15) is 0 Å². The predicted molar refractivity (Wildman–Crippen MR) is 113 cm³/mol. The second-order valence-corrected chi connectivity index (χ2v) is 7.60. The Hall–Kier alpha value is -2.71. The van der Waals surface area contributed by atoms with Crippen LogP contribution >= 0.6 is 0 Å². The van der Waals surface area contributed by atoms with Crippen LogP contribution in [-0.4, -0.2) is 56.5 Å². The number of ether oxygens (including phenoxy) is 1. The number of anilines is 3. The normalized spacial score (nSPS) is 23.7. The lowest BCUT2D eigenvalue weighted by Crippen LogP contribution is -2.58. The summed E-state index contributed by atoms with van der Waals surface area (Å²) >= 11 is 0. The van der Waals surface area contributed by atoms with Crippen LogP contribution in [0.4, 0.5) is 21.5 Å². The number of halogens is 1. The van der Waals surface area contributed by atoms with Crippen LogP contribution in [0.25, 0.3) is 0 Å². The average Bonchev–Trinajstić information content (AvgIpc) is 2.97. The Bertz CT molecular complexity index is 957. The first-order valence-corrected chi connectivity index (χ1v) is 9.44. The Kier molecular flexibility index (Phi) is 4.92. The molecular formula is C21H23BFN3O3. The monoisotopic (exact) mass is 395 g/mol. The van der Waals surface area contributed by atoms with E-state index in [9.17, 15) is 14.6 Å². The molecule has 0 amide bonds. The SMILES string of the molecule is [B]c1ccc(N2CC[C@@](O)(COc3cccc4c3N(C)C(=C)N4)[C@H](O)C2)c(F)c1. The second kappa shape index (κ2) is 7.28. The second-order valence-electron chi connectivity index (χ2n) is 7.60. The van der Waals surface area contributed by atoms with Gasteiger partial charge >= 0.3 is 0 Å². The third-order valence-corrected chi connectivity index (χ3v) is 5.64. The predicted octanol–water partition coefficient (Wildman–Crippen LogP) is 1.33. The Balaban J connectivity index is 1.46. The summed E-state index contributed by atoms with van der Waals surface area (Å²) in [5.41, 5.74) is 0.957. The van der Waals surface area contributed by atoms with E-state index in [0.717, 1.165) is 17.2 Å². The molecule has 0 aromatic heterocycles. The number of aliphatic hydroxyl groups is 2. The maximum Gasteiger partial charge on any atom is 0.145 e. The average molecular weight is 395 g/mol. The summed E-state index contributed by atoms with van der Waals surface area (Å²) in [5.74, 6) is 0.868. The van der Waals surface area contributed by atoms with Crippen molar-refractivity contribution in [3.63, 3.8) is 0 Å². The third-order valence-electron chi connectivity index (χ3n) is 5.64. The van der Waals surface area contributed by atoms with Gasteiger partial charge in [0, 0.05) is 20.1 Å². The molecule has 3 N–H and O–H groups in total. The summed E-state index contributed by atoms with van der Waals surface area (Å²) in [6.45, 7) is 4.33. The van der Waals surface area contributed by atoms with E-state index in [-0.39, 0.29) is 19.6 Å². The Morgan fingerprint density at radius 3 is 2.90 bits per heavy atom. The fourth-order valence-corrected chi connectivity index (χ4v) is 3.79. The van der Waals surface area contributed by atoms with Crippen LogP contribution in [-0.2, 0) is 0 Å². The zero-order valence-electron chi connectivity index (χ0n) is 16.2. The molecule has 8 heteroatoms. The number of nitrogens with one attached hydrogen (secondary N) is 1. The molecule has 2 aliphatic rings. The van der Waals surface area contributed by atoms with Gasteiger partial charge in [-0.15, -0.1) is 0 Å². The van der Waals surface area contributed by atoms with Crippen LogP contribution in [0.3, 0.4) is 0 Å². The Morgan fingerprint density at radius 1 is 1.38 bits per heavy atom. The zero-order chi connectivity index (χ0) is 20.8. The van der Waals surface area contributed by atoms with Crippen LogP contribution < -0.4 is 25.3 Å². The van der Waals surface area contributed by atoms with Gasteiger partial charge in [0.25, 0.3) is 0 Å². The van der Waals surface area contributed by atoms with Crippen molar-refractivity contribution in [2.24, 2.45) is 0 Å². The van der Waals surface area contributed by atoms with Crippen molar-refractivity contribution < 1.29 is 19.3 Å². The number of hydrogen-bond acceptors (Lipinski definition) is 6. The largest absolute Gasteiger partial charge is 0.488 e. The van der Waals surface area contributed by atoms with Gasteiger partial charge in [0.15, 0.2) is 0 Å². The van der Waals surface area contributed by atoms with Gasteiger partial charge < -0.3 is 30.1 Å². The topological polar surface area (TPSA) is 68.2 Å². The molecule has 0 spiro atoms. The van der Waals surface area contributed by atoms with Crippen LogP contribution in [0.15, 0.2) is 48.8 Å². The van der Waals surface area contributed by atoms with E-state index in [0.29, 0.717) is 23.4 Å². The molecule has 2 aromatic carbocycles. The highest BCUT2D eigenvalue weighted by Crippen LogP contribution is 2.42. The van der Waals surface area contributed by atoms with Crippen molar-refractivity contribution >= 4 is 30.4 Å². The number of nitrogens with zero attached hydrogens (tertiary/aromatic N) is 2. The lowest BCUT2D eigenvalue weighted by atomic mass is 9.88. The number of para-hydroxylation sites is 1. The van der Waals surface area contributed by atoms with Crippen molar-refractivity contribution in [3.8, 4) is 5.75 Å². The van der Waals surface area contributed by atoms with Gasteiger partial charge in [0.1, 0.15) is 49.2 Å². The van der Waals surface area contributed by atoms with E-state index in [1.807, 2.05) is 30.1 Å². The maximum atomic E-state index is 14.2. The van der Waals surface area contributed by atoms with Crippen LogP contribution in [0.2, 0.25) is 0 Å². The summed E-state index contributed by atoms with van der Waals surface area (Å²) in [7, 11) is 7.47. The molecule has 2 heterocycles. The molecule has 2 aromatic rings. The van der Waals surface area contributed by atoms with Crippen molar-refractivity contribution in [3.05, 3.63) is 54.6 Å². The molecule has 150 valence electrons. The molecule has 6 nitrogen and oxygen atoms in total. The molecule has 0 aliphatic carbocycles. The van der Waals surface area contributed by atoms with Crippen LogP contribution in [0.5, 0.6) is 5.75 Å². The molecule has 0 saturated carbocycles. The zero-order valence-corrected chi connectivity index (χ0v) is 16.2. The fourth-order valence-electron chi connectivity index (χ4n) is 3.79. The van der Waals surface area contributed by atoms with Gasteiger partial charge in [-0.25, -0.2) is 4.39 Å². The molecule has 4 rings (SSSR count). The Morgan fingerprint density at radius 2 is 2.17 bits per heavy atom. The maximum absolute atomic E-state index is 14.2. The number of rotatable bonds is 4. The lowest BCUT2D eigenvalue weighted by molar-refractivity contribution is -0.108. The van der Waals surface area contributed by atoms with E-state index in [1.165, 1.54) is 6.07 Å². The standard InChI is InChI=1S/C21H23BFN3O3/c1-13-24-16-4-3-5-18(20(16)25(13)2)29-12-21(28)8-9-26(11-19(21)27)17-7-6-14(22)10-15(17)23/h3-7,10,19,24,27-28H,1,8-9,11-12H2,2H3/t19-,21-/m1/s1. The van der Waals surface area contributed by atoms with Crippen molar-refractivity contribution in [2.75, 3.05) is 41.9 Å². The Labute approximate surface area is 170 Å². The molecule has 2 radical (unpaired) electrons. The molecular weight excluding hydrogens is 372 g/mol. The number of β-amino-alcohol motifs (C(OH)–C–C–N with tert-alkyl or cyclic N) is 1. The minimum Gasteiger partial charge on any atom is -0.488 e. The first-order valence-electron chi connectivity index (χ1n) is 9.44. The quantitative estimate of drug-likeness (QED) is 0.679. The summed E-state index contributed by atoms with van der Waals surface area (Å²) in [5, 5.41) is 24.8. The van der Waals surface area contributed by atoms with Gasteiger partial charge in [-0.1, -0.05) is 24.2 Å².